The van der Waals surface area contributed by atoms with Gasteiger partial charge in [-0.3, -0.25) is 14.3 Å². The van der Waals surface area contributed by atoms with Gasteiger partial charge < -0.3 is 35.3 Å². The molecule has 4 aromatic rings. The van der Waals surface area contributed by atoms with Crippen LogP contribution < -0.4 is 17.0 Å². The molecule has 0 saturated carbocycles. The summed E-state index contributed by atoms with van der Waals surface area (Å²) in [4.78, 5) is 38.1. The predicted octanol–water partition coefficient (Wildman–Crippen LogP) is 0.947. The van der Waals surface area contributed by atoms with Gasteiger partial charge in [0.25, 0.3) is 5.56 Å². The van der Waals surface area contributed by atoms with Crippen molar-refractivity contribution in [2.45, 2.75) is 47.8 Å². The summed E-state index contributed by atoms with van der Waals surface area (Å²) in [6.45, 7) is -4.83. The van der Waals surface area contributed by atoms with Crippen LogP contribution in [0.2, 0.25) is 0 Å². The van der Waals surface area contributed by atoms with Gasteiger partial charge in [0.15, 0.2) is 40.8 Å². The summed E-state index contributed by atoms with van der Waals surface area (Å²) in [6, 6.07) is 1.50. The third-order valence-corrected chi connectivity index (χ3v) is 10.7. The molecular weight excluding hydrogens is 685 g/mol. The summed E-state index contributed by atoms with van der Waals surface area (Å²) < 4.78 is 52.6. The third kappa shape index (κ3) is 6.08. The summed E-state index contributed by atoms with van der Waals surface area (Å²) in [7, 11) is -2.58. The Kier molecular flexibility index (Phi) is 8.94. The van der Waals surface area contributed by atoms with Gasteiger partial charge in [-0.05, 0) is 28.9 Å². The van der Waals surface area contributed by atoms with Gasteiger partial charge in [-0.25, -0.2) is 14.4 Å². The lowest BCUT2D eigenvalue weighted by Crippen LogP contribution is -2.33. The minimum absolute atomic E-state index is 0.0333. The summed E-state index contributed by atoms with van der Waals surface area (Å²) in [6.07, 6.45) is -3.95. The molecule has 2 unspecified atom stereocenters. The van der Waals surface area contributed by atoms with Gasteiger partial charge >= 0.3 is 13.9 Å². The number of fused-ring (bicyclic) bond motifs is 2. The van der Waals surface area contributed by atoms with Gasteiger partial charge in [-0.2, -0.15) is 9.67 Å². The number of alkyl halides is 1. The monoisotopic (exact) mass is 709 g/mol. The van der Waals surface area contributed by atoms with Crippen LogP contribution >= 0.6 is 38.0 Å². The predicted molar refractivity (Wildman–Crippen MR) is 162 cm³/mol. The molecule has 18 nitrogen and oxygen atoms in total. The summed E-state index contributed by atoms with van der Waals surface area (Å²) in [5.41, 5.74) is 11.9. The van der Waals surface area contributed by atoms with Crippen LogP contribution in [-0.4, -0.2) is 92.4 Å². The molecule has 6 rings (SSSR count). The van der Waals surface area contributed by atoms with Gasteiger partial charge in [0.1, 0.15) is 23.7 Å². The molecule has 2 fully saturated rings. The minimum atomic E-state index is -4.08. The highest BCUT2D eigenvalue weighted by molar-refractivity contribution is 8.39. The van der Waals surface area contributed by atoms with Crippen molar-refractivity contribution >= 4 is 83.7 Å². The van der Waals surface area contributed by atoms with E-state index >= 15 is 4.39 Å². The number of hydrogen-bond donors (Lipinski definition) is 6. The Morgan fingerprint density at radius 2 is 2.14 bits per heavy atom. The number of ether oxygens (including phenoxy) is 1. The second-order valence-corrected chi connectivity index (χ2v) is 15.6. The number of nitrogens with zero attached hydrogens (tertiary/aromatic N) is 7. The van der Waals surface area contributed by atoms with Crippen molar-refractivity contribution in [2.24, 2.45) is 0 Å². The Hall–Kier alpha value is -2.36. The van der Waals surface area contributed by atoms with Gasteiger partial charge in [0, 0.05) is 11.4 Å². The SMILES string of the molecule is Nc1nc2c(ncn2[C@@H]2S[C@H](CO)C[C@H]2OP(O)(=S)OC[C@H]2O[C@@H](n3nnc4c(N)ccnc43)[C@@H](F)[C@@H]2O[P+](=O)S)c(=O)[nH]1. The second-order valence-electron chi connectivity index (χ2n) is 9.67. The summed E-state index contributed by atoms with van der Waals surface area (Å²) >= 11 is 10.3. The molecule has 0 spiro atoms. The molecule has 2 aliphatic rings. The molecule has 0 bridgehead atoms. The van der Waals surface area contributed by atoms with E-state index in [-0.39, 0.29) is 52.2 Å². The van der Waals surface area contributed by atoms with Crippen LogP contribution in [0, 0.1) is 0 Å². The van der Waals surface area contributed by atoms with Gasteiger partial charge in [0.2, 0.25) is 5.95 Å². The van der Waals surface area contributed by atoms with Crippen LogP contribution in [0.1, 0.15) is 18.0 Å². The summed E-state index contributed by atoms with van der Waals surface area (Å²) in [5, 5.41) is 16.7. The first-order valence-corrected chi connectivity index (χ1v) is 18.5. The van der Waals surface area contributed by atoms with Crippen molar-refractivity contribution in [1.29, 1.82) is 0 Å². The van der Waals surface area contributed by atoms with E-state index in [4.69, 9.17) is 41.6 Å². The largest absolute Gasteiger partial charge is 0.582 e. The summed E-state index contributed by atoms with van der Waals surface area (Å²) in [5.74, 6) is -0.127. The maximum atomic E-state index is 15.7. The van der Waals surface area contributed by atoms with Crippen LogP contribution in [0.4, 0.5) is 16.0 Å². The fourth-order valence-corrected chi connectivity index (χ4v) is 8.69. The molecule has 6 heterocycles. The number of anilines is 2. The number of hydrogen-bond acceptors (Lipinski definition) is 16. The average molecular weight is 710 g/mol. The molecule has 236 valence electrons. The zero-order valence-corrected chi connectivity index (χ0v) is 26.4. The highest BCUT2D eigenvalue weighted by Gasteiger charge is 2.52. The number of H-pyrrole nitrogens is 1. The smallest absolute Gasteiger partial charge is 0.397 e. The fourth-order valence-electron chi connectivity index (χ4n) is 4.96. The van der Waals surface area contributed by atoms with Crippen molar-refractivity contribution in [3.63, 3.8) is 0 Å². The van der Waals surface area contributed by atoms with Gasteiger partial charge in [-0.15, -0.1) is 21.4 Å². The standard InChI is InChI=1S/C20H23FN10O8P2S3/c21-11-14(38-40(34)42)10(37-18(11)31-15-12(28-29-31)8(22)1-2-24-15)5-36-41(35,43)39-9-3-7(4-32)44-19(9)30-6-25-13-16(30)26-20(23)27-17(13)33/h1-2,6-7,9-11,14,18-19,32H,3-5H2,(H6-,22,23,24,26,27,29,33,34,35,42,43)/p+1/t7-,9+,10+,11-,14+,18+,19+,41?/m0/s1. The van der Waals surface area contributed by atoms with E-state index in [9.17, 15) is 19.4 Å². The molecule has 4 aromatic heterocycles. The van der Waals surface area contributed by atoms with Crippen LogP contribution in [0.25, 0.3) is 22.3 Å². The number of nitrogens with two attached hydrogens (primary N) is 2. The Morgan fingerprint density at radius 3 is 2.89 bits per heavy atom. The van der Waals surface area contributed by atoms with Gasteiger partial charge in [-0.1, -0.05) is 5.21 Å². The highest BCUT2D eigenvalue weighted by atomic mass is 32.7. The first-order valence-electron chi connectivity index (χ1n) is 12.7. The Balaban J connectivity index is 1.20. The number of aromatic nitrogens is 8. The molecule has 24 heteroatoms. The average Bonchev–Trinajstić information content (AvgIpc) is 3.73. The first-order chi connectivity index (χ1) is 21.0. The van der Waals surface area contributed by atoms with E-state index in [0.29, 0.717) is 0 Å². The van der Waals surface area contributed by atoms with Crippen molar-refractivity contribution in [2.75, 3.05) is 24.7 Å². The number of nitrogen functional groups attached to an aromatic ring is 2. The molecule has 0 aromatic carbocycles. The maximum Gasteiger partial charge on any atom is 0.582 e. The number of imidazole rings is 1. The second kappa shape index (κ2) is 12.4. The number of halogens is 1. The lowest BCUT2D eigenvalue weighted by Gasteiger charge is -2.26. The van der Waals surface area contributed by atoms with E-state index in [2.05, 4.69) is 42.5 Å². The maximum absolute atomic E-state index is 15.7. The number of rotatable bonds is 10. The lowest BCUT2D eigenvalue weighted by molar-refractivity contribution is -0.0476. The number of aromatic amines is 1. The van der Waals surface area contributed by atoms with Crippen LogP contribution in [0.15, 0.2) is 23.4 Å². The quantitative estimate of drug-likeness (QED) is 0.0990. The molecule has 2 saturated heterocycles. The van der Waals surface area contributed by atoms with Crippen molar-refractivity contribution in [3.05, 3.63) is 28.9 Å². The molecular formula is C20H24FN10O8P2S3+. The Labute approximate surface area is 261 Å². The van der Waals surface area contributed by atoms with Crippen LogP contribution in [-0.2, 0) is 34.7 Å². The van der Waals surface area contributed by atoms with E-state index in [1.165, 1.54) is 34.9 Å². The fraction of sp³-hybridized carbons (Fsp3) is 0.500. The van der Waals surface area contributed by atoms with Crippen molar-refractivity contribution in [3.8, 4) is 0 Å². The Morgan fingerprint density at radius 1 is 1.34 bits per heavy atom. The molecule has 44 heavy (non-hydrogen) atoms. The molecule has 9 atom stereocenters. The van der Waals surface area contributed by atoms with E-state index in [0.717, 1.165) is 4.68 Å². The van der Waals surface area contributed by atoms with Crippen molar-refractivity contribution < 1.29 is 37.3 Å². The van der Waals surface area contributed by atoms with E-state index in [1.807, 2.05) is 0 Å². The molecule has 0 aliphatic carbocycles. The molecule has 0 radical (unpaired) electrons. The van der Waals surface area contributed by atoms with Crippen molar-refractivity contribution in [1.82, 2.24) is 39.5 Å². The number of aliphatic hydroxyl groups is 1. The molecule has 2 aliphatic heterocycles. The molecule has 0 amide bonds. The zero-order valence-electron chi connectivity index (χ0n) is 22.1. The minimum Gasteiger partial charge on any atom is -0.397 e. The third-order valence-electron chi connectivity index (χ3n) is 6.86. The Bertz CT molecular complexity index is 1830. The van der Waals surface area contributed by atoms with Crippen LogP contribution in [0.5, 0.6) is 0 Å². The first kappa shape index (κ1) is 31.6. The normalized spacial score (nSPS) is 29.0. The number of pyridine rings is 1. The zero-order chi connectivity index (χ0) is 31.3. The van der Waals surface area contributed by atoms with Gasteiger partial charge in [0.05, 0.1) is 31.3 Å². The lowest BCUT2D eigenvalue weighted by atomic mass is 10.1. The number of nitrogens with one attached hydrogen (secondary N) is 1. The number of thioether (sulfide) groups is 1. The molecule has 7 N–H and O–H groups in total. The highest BCUT2D eigenvalue weighted by Crippen LogP contribution is 2.54. The number of aliphatic hydroxyl groups excluding tert-OH is 1. The van der Waals surface area contributed by atoms with E-state index in [1.54, 1.807) is 0 Å². The topological polar surface area (TPSA) is 254 Å². The van der Waals surface area contributed by atoms with E-state index < -0.39 is 62.2 Å². The van der Waals surface area contributed by atoms with Crippen LogP contribution in [0.3, 0.4) is 0 Å². The number of thiol groups is 1.